The maximum atomic E-state index is 13.8. The zero-order valence-electron chi connectivity index (χ0n) is 14.3. The zero-order valence-corrected chi connectivity index (χ0v) is 15.0. The number of halogens is 2. The van der Waals surface area contributed by atoms with Gasteiger partial charge in [-0.15, -0.1) is 0 Å². The lowest BCUT2D eigenvalue weighted by Crippen LogP contribution is -2.19. The van der Waals surface area contributed by atoms with E-state index in [0.717, 1.165) is 31.7 Å². The highest BCUT2D eigenvalue weighted by molar-refractivity contribution is 6.29. The maximum absolute atomic E-state index is 13.8. The summed E-state index contributed by atoms with van der Waals surface area (Å²) in [5.74, 6) is 0.979. The van der Waals surface area contributed by atoms with Crippen LogP contribution in [-0.2, 0) is 0 Å². The molecule has 1 aliphatic rings. The molecule has 26 heavy (non-hydrogen) atoms. The first-order valence-electron chi connectivity index (χ1n) is 8.50. The smallest absolute Gasteiger partial charge is 0.156 e. The topological polar surface area (TPSA) is 54.8 Å². The van der Waals surface area contributed by atoms with E-state index in [-0.39, 0.29) is 11.3 Å². The van der Waals surface area contributed by atoms with E-state index in [4.69, 9.17) is 11.6 Å². The fourth-order valence-electron chi connectivity index (χ4n) is 3.06. The highest BCUT2D eigenvalue weighted by Gasteiger charge is 2.15. The Balaban J connectivity index is 1.68. The lowest BCUT2D eigenvalue weighted by Gasteiger charge is -2.16. The van der Waals surface area contributed by atoms with Crippen LogP contribution in [0.2, 0.25) is 5.15 Å². The lowest BCUT2D eigenvalue weighted by molar-refractivity contribution is 0.636. The highest BCUT2D eigenvalue weighted by Crippen LogP contribution is 2.22. The predicted octanol–water partition coefficient (Wildman–Crippen LogP) is 4.29. The van der Waals surface area contributed by atoms with Crippen LogP contribution in [0.5, 0.6) is 0 Å². The molecule has 0 aliphatic carbocycles. The Bertz CT molecular complexity index is 999. The summed E-state index contributed by atoms with van der Waals surface area (Å²) in [4.78, 5) is 19.8. The Morgan fingerprint density at radius 3 is 2.69 bits per heavy atom. The molecule has 1 aromatic carbocycles. The van der Waals surface area contributed by atoms with Crippen molar-refractivity contribution in [2.45, 2.75) is 19.8 Å². The molecule has 3 heterocycles. The quantitative estimate of drug-likeness (QED) is 0.644. The van der Waals surface area contributed by atoms with Crippen LogP contribution in [-0.4, -0.2) is 33.0 Å². The van der Waals surface area contributed by atoms with Crippen molar-refractivity contribution >= 4 is 40.6 Å². The Hall–Kier alpha value is -2.60. The van der Waals surface area contributed by atoms with Gasteiger partial charge in [0.15, 0.2) is 11.6 Å². The van der Waals surface area contributed by atoms with Crippen molar-refractivity contribution in [3.05, 3.63) is 52.4 Å². The van der Waals surface area contributed by atoms with E-state index in [1.165, 1.54) is 6.07 Å². The summed E-state index contributed by atoms with van der Waals surface area (Å²) < 4.78 is 13.8. The van der Waals surface area contributed by atoms with E-state index in [1.54, 1.807) is 37.3 Å². The van der Waals surface area contributed by atoms with Crippen LogP contribution in [0, 0.1) is 12.7 Å². The number of nitrogens with zero attached hydrogens (tertiary/aromatic N) is 5. The van der Waals surface area contributed by atoms with Gasteiger partial charge in [0.05, 0.1) is 16.9 Å². The van der Waals surface area contributed by atoms with Crippen molar-refractivity contribution in [2.24, 2.45) is 0 Å². The molecule has 1 saturated heterocycles. The molecule has 1 fully saturated rings. The molecule has 5 nitrogen and oxygen atoms in total. The summed E-state index contributed by atoms with van der Waals surface area (Å²) >= 11 is 6.16. The summed E-state index contributed by atoms with van der Waals surface area (Å²) in [7, 11) is 0. The largest absolute Gasteiger partial charge is 0.356 e. The Morgan fingerprint density at radius 1 is 1.08 bits per heavy atom. The van der Waals surface area contributed by atoms with Crippen molar-refractivity contribution in [2.75, 3.05) is 18.0 Å². The molecule has 0 atom stereocenters. The van der Waals surface area contributed by atoms with Crippen molar-refractivity contribution in [3.63, 3.8) is 0 Å². The molecule has 7 heteroatoms. The second kappa shape index (κ2) is 6.96. The summed E-state index contributed by atoms with van der Waals surface area (Å²) in [5.41, 5.74) is 2.08. The van der Waals surface area contributed by atoms with Gasteiger partial charge in [0.1, 0.15) is 16.5 Å². The van der Waals surface area contributed by atoms with Crippen LogP contribution in [0.1, 0.15) is 30.1 Å². The highest BCUT2D eigenvalue weighted by atomic mass is 35.5. The third-order valence-corrected chi connectivity index (χ3v) is 4.57. The minimum absolute atomic E-state index is 0.275. The molecule has 3 aromatic rings. The molecule has 132 valence electrons. The number of anilines is 1. The fourth-order valence-corrected chi connectivity index (χ4v) is 3.24. The Labute approximate surface area is 155 Å². The van der Waals surface area contributed by atoms with E-state index >= 15 is 0 Å². The van der Waals surface area contributed by atoms with E-state index in [2.05, 4.69) is 24.8 Å². The van der Waals surface area contributed by atoms with E-state index < -0.39 is 0 Å². The van der Waals surface area contributed by atoms with Gasteiger partial charge in [-0.1, -0.05) is 17.7 Å². The Morgan fingerprint density at radius 2 is 1.88 bits per heavy atom. The number of hydrogen-bond acceptors (Lipinski definition) is 5. The molecule has 0 spiro atoms. The van der Waals surface area contributed by atoms with Gasteiger partial charge < -0.3 is 4.90 Å². The number of rotatable bonds is 3. The van der Waals surface area contributed by atoms with Crippen LogP contribution < -0.4 is 4.90 Å². The van der Waals surface area contributed by atoms with Crippen molar-refractivity contribution in [3.8, 4) is 0 Å². The third kappa shape index (κ3) is 3.37. The molecule has 0 bridgehead atoms. The number of benzene rings is 1. The van der Waals surface area contributed by atoms with Crippen LogP contribution in [0.25, 0.3) is 23.2 Å². The van der Waals surface area contributed by atoms with Crippen molar-refractivity contribution in [1.82, 2.24) is 19.9 Å². The lowest BCUT2D eigenvalue weighted by atomic mass is 10.2. The molecular weight excluding hydrogens is 353 g/mol. The summed E-state index contributed by atoms with van der Waals surface area (Å²) in [6.45, 7) is 3.77. The van der Waals surface area contributed by atoms with Gasteiger partial charge in [0.2, 0.25) is 0 Å². The van der Waals surface area contributed by atoms with Crippen LogP contribution >= 0.6 is 11.6 Å². The molecule has 0 amide bonds. The standard InChI is InChI=1S/C19H17ClFN5/c1-12-14(23-15-6-4-5-13(21)19(15)22-12)7-8-17-24-16(20)11-18(25-17)26-9-2-3-10-26/h4-8,11H,2-3,9-10H2,1H3/b8-7+. The first-order chi connectivity index (χ1) is 12.6. The van der Waals surface area contributed by atoms with Gasteiger partial charge in [-0.3, -0.25) is 0 Å². The molecule has 4 rings (SSSR count). The van der Waals surface area contributed by atoms with Gasteiger partial charge in [-0.05, 0) is 44.1 Å². The maximum Gasteiger partial charge on any atom is 0.156 e. The molecule has 0 radical (unpaired) electrons. The number of fused-ring (bicyclic) bond motifs is 1. The molecule has 0 unspecified atom stereocenters. The molecule has 2 aromatic heterocycles. The second-order valence-corrected chi connectivity index (χ2v) is 6.62. The summed E-state index contributed by atoms with van der Waals surface area (Å²) in [6.07, 6.45) is 5.87. The van der Waals surface area contributed by atoms with Gasteiger partial charge in [-0.25, -0.2) is 24.3 Å². The first kappa shape index (κ1) is 16.8. The third-order valence-electron chi connectivity index (χ3n) is 4.38. The minimum Gasteiger partial charge on any atom is -0.356 e. The average Bonchev–Trinajstić information content (AvgIpc) is 3.15. The monoisotopic (exact) mass is 369 g/mol. The first-order valence-corrected chi connectivity index (χ1v) is 8.88. The van der Waals surface area contributed by atoms with E-state index in [9.17, 15) is 4.39 Å². The van der Waals surface area contributed by atoms with Gasteiger partial charge >= 0.3 is 0 Å². The summed E-state index contributed by atoms with van der Waals surface area (Å²) in [5, 5.41) is 0.407. The SMILES string of the molecule is Cc1nc2c(F)cccc2nc1/C=C/c1nc(Cl)cc(N2CCCC2)n1. The molecular formula is C19H17ClFN5. The second-order valence-electron chi connectivity index (χ2n) is 6.24. The van der Waals surface area contributed by atoms with Crippen LogP contribution in [0.15, 0.2) is 24.3 Å². The minimum atomic E-state index is -0.373. The van der Waals surface area contributed by atoms with Crippen LogP contribution in [0.3, 0.4) is 0 Å². The van der Waals surface area contributed by atoms with Gasteiger partial charge in [0, 0.05) is 19.2 Å². The normalized spacial score (nSPS) is 14.7. The number of aromatic nitrogens is 4. The van der Waals surface area contributed by atoms with Crippen molar-refractivity contribution in [1.29, 1.82) is 0 Å². The number of aryl methyl sites for hydroxylation is 1. The average molecular weight is 370 g/mol. The number of hydrogen-bond donors (Lipinski definition) is 0. The van der Waals surface area contributed by atoms with Gasteiger partial charge in [0.25, 0.3) is 0 Å². The van der Waals surface area contributed by atoms with E-state index in [0.29, 0.717) is 27.9 Å². The fraction of sp³-hybridized carbons (Fsp3) is 0.263. The van der Waals surface area contributed by atoms with Crippen LogP contribution in [0.4, 0.5) is 10.2 Å². The van der Waals surface area contributed by atoms with E-state index in [1.807, 2.05) is 0 Å². The zero-order chi connectivity index (χ0) is 18.1. The van der Waals surface area contributed by atoms with Crippen molar-refractivity contribution < 1.29 is 4.39 Å². The molecule has 1 aliphatic heterocycles. The number of para-hydroxylation sites is 1. The predicted molar refractivity (Wildman–Crippen MR) is 102 cm³/mol. The summed E-state index contributed by atoms with van der Waals surface area (Å²) in [6, 6.07) is 6.53. The van der Waals surface area contributed by atoms with Gasteiger partial charge in [-0.2, -0.15) is 0 Å². The Kier molecular flexibility index (Phi) is 4.51. The molecule has 0 saturated carbocycles. The molecule has 0 N–H and O–H groups in total.